The van der Waals surface area contributed by atoms with Gasteiger partial charge in [-0.3, -0.25) is 14.5 Å². The molecule has 0 N–H and O–H groups in total. The van der Waals surface area contributed by atoms with Gasteiger partial charge in [0.15, 0.2) is 11.5 Å². The van der Waals surface area contributed by atoms with Crippen LogP contribution in [0.25, 0.3) is 17.4 Å². The van der Waals surface area contributed by atoms with Crippen LogP contribution in [-0.4, -0.2) is 36.3 Å². The van der Waals surface area contributed by atoms with Crippen LogP contribution in [0.2, 0.25) is 5.02 Å². The number of carbonyl (C=O) groups is 2. The van der Waals surface area contributed by atoms with Crippen molar-refractivity contribution >= 4 is 40.6 Å². The molecule has 1 fully saturated rings. The van der Waals surface area contributed by atoms with Crippen molar-refractivity contribution in [1.29, 1.82) is 0 Å². The molecule has 2 heterocycles. The highest BCUT2D eigenvalue weighted by molar-refractivity contribution is 8.18. The summed E-state index contributed by atoms with van der Waals surface area (Å²) in [5.41, 5.74) is 0.866. The Morgan fingerprint density at radius 1 is 1.03 bits per heavy atom. The zero-order valence-electron chi connectivity index (χ0n) is 16.5. The number of methoxy groups -OCH3 is 1. The Morgan fingerprint density at radius 3 is 2.52 bits per heavy atom. The summed E-state index contributed by atoms with van der Waals surface area (Å²) < 4.78 is 16.7. The van der Waals surface area contributed by atoms with Gasteiger partial charge in [0, 0.05) is 16.7 Å². The van der Waals surface area contributed by atoms with E-state index in [4.69, 9.17) is 25.5 Å². The molecule has 6 nitrogen and oxygen atoms in total. The van der Waals surface area contributed by atoms with Crippen LogP contribution in [-0.2, 0) is 4.79 Å². The van der Waals surface area contributed by atoms with Gasteiger partial charge in [0.05, 0.1) is 18.6 Å². The molecule has 8 heteroatoms. The molecule has 1 aliphatic heterocycles. The minimum absolute atomic E-state index is 0.133. The van der Waals surface area contributed by atoms with Gasteiger partial charge in [-0.25, -0.2) is 0 Å². The summed E-state index contributed by atoms with van der Waals surface area (Å²) >= 11 is 6.79. The van der Waals surface area contributed by atoms with Crippen LogP contribution in [0.15, 0.2) is 70.0 Å². The average Bonchev–Trinajstić information content (AvgIpc) is 3.34. The van der Waals surface area contributed by atoms with Gasteiger partial charge < -0.3 is 13.9 Å². The van der Waals surface area contributed by atoms with Crippen molar-refractivity contribution in [3.05, 3.63) is 76.4 Å². The Morgan fingerprint density at radius 2 is 1.77 bits per heavy atom. The molecule has 0 saturated carbocycles. The van der Waals surface area contributed by atoms with Gasteiger partial charge in [-0.2, -0.15) is 0 Å². The molecule has 0 aliphatic carbocycles. The molecule has 3 aromatic rings. The van der Waals surface area contributed by atoms with E-state index in [2.05, 4.69) is 0 Å². The smallest absolute Gasteiger partial charge is 0.293 e. The van der Waals surface area contributed by atoms with E-state index in [-0.39, 0.29) is 24.3 Å². The Labute approximate surface area is 188 Å². The van der Waals surface area contributed by atoms with Gasteiger partial charge >= 0.3 is 0 Å². The predicted octanol–water partition coefficient (Wildman–Crippen LogP) is 5.72. The summed E-state index contributed by atoms with van der Waals surface area (Å²) in [5.74, 6) is 1.90. The molecule has 2 aromatic carbocycles. The van der Waals surface area contributed by atoms with E-state index < -0.39 is 0 Å². The highest BCUT2D eigenvalue weighted by Gasteiger charge is 2.35. The van der Waals surface area contributed by atoms with E-state index >= 15 is 0 Å². The molecule has 0 spiro atoms. The molecular formula is C23H18ClNO5S. The van der Waals surface area contributed by atoms with Crippen molar-refractivity contribution in [2.75, 3.05) is 20.3 Å². The number of amides is 2. The predicted molar refractivity (Wildman–Crippen MR) is 120 cm³/mol. The zero-order valence-corrected chi connectivity index (χ0v) is 18.1. The highest BCUT2D eigenvalue weighted by Crippen LogP contribution is 2.33. The van der Waals surface area contributed by atoms with Crippen molar-refractivity contribution in [3.8, 4) is 22.8 Å². The fourth-order valence-electron chi connectivity index (χ4n) is 3.01. The van der Waals surface area contributed by atoms with Crippen LogP contribution in [0, 0.1) is 0 Å². The second kappa shape index (κ2) is 9.32. The lowest BCUT2D eigenvalue weighted by molar-refractivity contribution is -0.123. The van der Waals surface area contributed by atoms with E-state index in [1.807, 2.05) is 24.3 Å². The molecule has 1 aromatic heterocycles. The Kier molecular flexibility index (Phi) is 6.34. The molecular weight excluding hydrogens is 438 g/mol. The highest BCUT2D eigenvalue weighted by atomic mass is 35.5. The van der Waals surface area contributed by atoms with Crippen molar-refractivity contribution in [2.24, 2.45) is 0 Å². The molecule has 31 heavy (non-hydrogen) atoms. The van der Waals surface area contributed by atoms with Crippen LogP contribution < -0.4 is 9.47 Å². The van der Waals surface area contributed by atoms with E-state index in [1.165, 1.54) is 0 Å². The summed E-state index contributed by atoms with van der Waals surface area (Å²) in [6.45, 7) is 0.293. The second-order valence-electron chi connectivity index (χ2n) is 6.54. The fourth-order valence-corrected chi connectivity index (χ4v) is 3.98. The molecule has 2 amide bonds. The number of rotatable bonds is 7. The summed E-state index contributed by atoms with van der Waals surface area (Å²) in [5, 5.41) is 0.295. The van der Waals surface area contributed by atoms with Crippen molar-refractivity contribution in [1.82, 2.24) is 4.90 Å². The SMILES string of the molecule is COc1ccccc1OCCN1C(=O)S/C(=C\c2ccc(-c3ccc(Cl)cc3)o2)C1=O. The normalized spacial score (nSPS) is 15.0. The number of imide groups is 1. The van der Waals surface area contributed by atoms with Gasteiger partial charge in [-0.1, -0.05) is 23.7 Å². The standard InChI is InChI=1S/C23H18ClNO5S/c1-28-19-4-2-3-5-20(19)29-13-12-25-22(26)21(31-23(25)27)14-17-10-11-18(30-17)15-6-8-16(24)9-7-15/h2-11,14H,12-13H2,1H3/b21-14-. The largest absolute Gasteiger partial charge is 0.493 e. The number of halogens is 1. The lowest BCUT2D eigenvalue weighted by Crippen LogP contribution is -2.32. The first-order valence-electron chi connectivity index (χ1n) is 9.42. The van der Waals surface area contributed by atoms with Crippen LogP contribution in [0.4, 0.5) is 4.79 Å². The van der Waals surface area contributed by atoms with Crippen molar-refractivity contribution in [2.45, 2.75) is 0 Å². The number of hydrogen-bond donors (Lipinski definition) is 0. The lowest BCUT2D eigenvalue weighted by atomic mass is 10.2. The van der Waals surface area contributed by atoms with Gasteiger partial charge in [0.1, 0.15) is 18.1 Å². The van der Waals surface area contributed by atoms with Crippen LogP contribution in [0.1, 0.15) is 5.76 Å². The number of thioether (sulfide) groups is 1. The third-order valence-electron chi connectivity index (χ3n) is 4.54. The summed E-state index contributed by atoms with van der Waals surface area (Å²) in [7, 11) is 1.55. The molecule has 0 unspecified atom stereocenters. The van der Waals surface area contributed by atoms with Gasteiger partial charge in [0.2, 0.25) is 0 Å². The summed E-state index contributed by atoms with van der Waals surface area (Å²) in [6, 6.07) is 18.0. The summed E-state index contributed by atoms with van der Waals surface area (Å²) in [6.07, 6.45) is 1.57. The third kappa shape index (κ3) is 4.78. The number of ether oxygens (including phenoxy) is 2. The van der Waals surface area contributed by atoms with Gasteiger partial charge in [0.25, 0.3) is 11.1 Å². The molecule has 0 bridgehead atoms. The number of hydrogen-bond acceptors (Lipinski definition) is 6. The van der Waals surface area contributed by atoms with E-state index in [9.17, 15) is 9.59 Å². The summed E-state index contributed by atoms with van der Waals surface area (Å²) in [4.78, 5) is 26.5. The minimum atomic E-state index is -0.372. The van der Waals surface area contributed by atoms with E-state index in [1.54, 1.807) is 49.6 Å². The molecule has 0 atom stereocenters. The first-order valence-corrected chi connectivity index (χ1v) is 10.6. The Hall–Kier alpha value is -3.16. The molecule has 0 radical (unpaired) electrons. The Bertz CT molecular complexity index is 1140. The number of carbonyl (C=O) groups excluding carboxylic acids is 2. The molecule has 4 rings (SSSR count). The van der Waals surface area contributed by atoms with Crippen molar-refractivity contribution < 1.29 is 23.5 Å². The maximum absolute atomic E-state index is 12.7. The van der Waals surface area contributed by atoms with E-state index in [0.29, 0.717) is 32.9 Å². The maximum atomic E-state index is 12.7. The third-order valence-corrected chi connectivity index (χ3v) is 5.70. The number of furan rings is 1. The fraction of sp³-hybridized carbons (Fsp3) is 0.130. The zero-order chi connectivity index (χ0) is 21.8. The molecule has 1 saturated heterocycles. The first kappa shape index (κ1) is 21.1. The maximum Gasteiger partial charge on any atom is 0.293 e. The van der Waals surface area contributed by atoms with Gasteiger partial charge in [-0.15, -0.1) is 0 Å². The number of nitrogens with zero attached hydrogens (tertiary/aromatic N) is 1. The van der Waals surface area contributed by atoms with Gasteiger partial charge in [-0.05, 0) is 60.3 Å². The van der Waals surface area contributed by atoms with E-state index in [0.717, 1.165) is 22.2 Å². The number of benzene rings is 2. The van der Waals surface area contributed by atoms with Crippen LogP contribution >= 0.6 is 23.4 Å². The average molecular weight is 456 g/mol. The first-order chi connectivity index (χ1) is 15.0. The number of para-hydroxylation sites is 2. The molecule has 158 valence electrons. The Balaban J connectivity index is 1.41. The topological polar surface area (TPSA) is 69.0 Å². The van der Waals surface area contributed by atoms with Crippen LogP contribution in [0.3, 0.4) is 0 Å². The minimum Gasteiger partial charge on any atom is -0.493 e. The molecule has 1 aliphatic rings. The van der Waals surface area contributed by atoms with Crippen LogP contribution in [0.5, 0.6) is 11.5 Å². The van der Waals surface area contributed by atoms with Crippen molar-refractivity contribution in [3.63, 3.8) is 0 Å². The quantitative estimate of drug-likeness (QED) is 0.424. The lowest BCUT2D eigenvalue weighted by Gasteiger charge is -2.14. The second-order valence-corrected chi connectivity index (χ2v) is 7.97. The monoisotopic (exact) mass is 455 g/mol.